The quantitative estimate of drug-likeness (QED) is 0.275. The Morgan fingerprint density at radius 3 is 2.71 bits per heavy atom. The molecule has 2 N–H and O–H groups in total. The van der Waals surface area contributed by atoms with E-state index in [2.05, 4.69) is 30.3 Å². The third kappa shape index (κ3) is 4.90. The Morgan fingerprint density at radius 1 is 1.11 bits per heavy atom. The van der Waals surface area contributed by atoms with E-state index in [4.69, 9.17) is 26.3 Å². The molecule has 236 valence electrons. The number of amides is 1. The summed E-state index contributed by atoms with van der Waals surface area (Å²) in [5, 5.41) is 11.8. The maximum absolute atomic E-state index is 16.7. The molecular formula is C33H38ClFN8O2. The standard InChI is InChI=1S/C33H38ClFN8O2/c1-2-36-30(44)20-14-32(15-20)6-3-9-42(18-32)29-24-16-37-27(22-12-21(34)13-25-23(22)17-38-41-25)26(35)28(24)39-31(40-29)45-19-33-7-4-10-43(33)11-5-8-33/h12-13,16-17,20H,2-11,14-15,18-19H2,1H3,(H,36,44)(H,38,41). The average molecular weight is 633 g/mol. The van der Waals surface area contributed by atoms with Crippen LogP contribution in [0.4, 0.5) is 10.2 Å². The molecule has 6 heterocycles. The van der Waals surface area contributed by atoms with Crippen LogP contribution in [0, 0.1) is 17.2 Å². The molecule has 1 spiro atoms. The van der Waals surface area contributed by atoms with Gasteiger partial charge in [-0.2, -0.15) is 15.1 Å². The maximum Gasteiger partial charge on any atom is 0.319 e. The van der Waals surface area contributed by atoms with Crippen molar-refractivity contribution in [3.05, 3.63) is 35.4 Å². The number of aromatic amines is 1. The second-order valence-corrected chi connectivity index (χ2v) is 14.0. The van der Waals surface area contributed by atoms with Gasteiger partial charge in [0.05, 0.1) is 22.6 Å². The number of ether oxygens (including phenoxy) is 1. The molecule has 0 radical (unpaired) electrons. The van der Waals surface area contributed by atoms with Gasteiger partial charge in [-0.1, -0.05) is 11.6 Å². The molecule has 0 atom stereocenters. The van der Waals surface area contributed by atoms with Crippen molar-refractivity contribution >= 4 is 45.1 Å². The van der Waals surface area contributed by atoms with Gasteiger partial charge in [-0.15, -0.1) is 0 Å². The third-order valence-corrected chi connectivity index (χ3v) is 11.0. The van der Waals surface area contributed by atoms with Gasteiger partial charge in [0, 0.05) is 47.7 Å². The average Bonchev–Trinajstić information content (AvgIpc) is 3.75. The van der Waals surface area contributed by atoms with E-state index in [1.807, 2.05) is 6.92 Å². The van der Waals surface area contributed by atoms with Crippen molar-refractivity contribution in [2.75, 3.05) is 44.2 Å². The van der Waals surface area contributed by atoms with Crippen LogP contribution >= 0.6 is 11.6 Å². The zero-order valence-electron chi connectivity index (χ0n) is 25.5. The number of halogens is 2. The number of piperidine rings is 1. The SMILES string of the molecule is CCNC(=O)C1CC2(CCCN(c3nc(OCC45CCCN4CCC5)nc4c(F)c(-c5cc(Cl)cc6[nH]ncc56)ncc34)C2)C1. The molecular weight excluding hydrogens is 595 g/mol. The first kappa shape index (κ1) is 28.9. The fourth-order valence-corrected chi connectivity index (χ4v) is 8.82. The second kappa shape index (κ2) is 11.0. The lowest BCUT2D eigenvalue weighted by Gasteiger charge is -2.52. The van der Waals surface area contributed by atoms with E-state index in [0.29, 0.717) is 40.5 Å². The van der Waals surface area contributed by atoms with Crippen molar-refractivity contribution in [3.8, 4) is 17.3 Å². The smallest absolute Gasteiger partial charge is 0.319 e. The number of nitrogens with zero attached hydrogens (tertiary/aromatic N) is 6. The molecule has 1 saturated carbocycles. The number of aromatic nitrogens is 5. The Labute approximate surface area is 266 Å². The largest absolute Gasteiger partial charge is 0.461 e. The molecule has 8 rings (SSSR count). The summed E-state index contributed by atoms with van der Waals surface area (Å²) in [4.78, 5) is 31.6. The third-order valence-electron chi connectivity index (χ3n) is 10.7. The number of hydrogen-bond acceptors (Lipinski definition) is 8. The minimum atomic E-state index is -0.543. The highest BCUT2D eigenvalue weighted by Gasteiger charge is 2.49. The van der Waals surface area contributed by atoms with Gasteiger partial charge < -0.3 is 15.0 Å². The van der Waals surface area contributed by atoms with Crippen LogP contribution < -0.4 is 15.0 Å². The number of benzene rings is 1. The van der Waals surface area contributed by atoms with E-state index in [1.54, 1.807) is 24.5 Å². The van der Waals surface area contributed by atoms with E-state index >= 15 is 4.39 Å². The molecule has 0 bridgehead atoms. The highest BCUT2D eigenvalue weighted by Crippen LogP contribution is 2.52. The zero-order chi connectivity index (χ0) is 30.8. The molecule has 3 saturated heterocycles. The van der Waals surface area contributed by atoms with Gasteiger partial charge in [-0.25, -0.2) is 4.39 Å². The molecule has 4 fully saturated rings. The van der Waals surface area contributed by atoms with E-state index in [9.17, 15) is 4.79 Å². The number of fused-ring (bicyclic) bond motifs is 3. The van der Waals surface area contributed by atoms with Gasteiger partial charge in [-0.3, -0.25) is 19.8 Å². The van der Waals surface area contributed by atoms with Crippen molar-refractivity contribution in [2.45, 2.75) is 63.8 Å². The fourth-order valence-electron chi connectivity index (χ4n) is 8.60. The summed E-state index contributed by atoms with van der Waals surface area (Å²) in [5.74, 6) is 0.284. The Hall–Kier alpha value is -3.57. The molecule has 1 aliphatic carbocycles. The number of pyridine rings is 1. The molecule has 1 amide bonds. The lowest BCUT2D eigenvalue weighted by molar-refractivity contribution is -0.132. The molecule has 0 unspecified atom stereocenters. The van der Waals surface area contributed by atoms with Crippen LogP contribution in [0.2, 0.25) is 5.02 Å². The van der Waals surface area contributed by atoms with Crippen LogP contribution in [-0.2, 0) is 4.79 Å². The van der Waals surface area contributed by atoms with Gasteiger partial charge in [-0.05, 0) is 88.9 Å². The topological polar surface area (TPSA) is 112 Å². The number of hydrogen-bond donors (Lipinski definition) is 2. The van der Waals surface area contributed by atoms with Gasteiger partial charge in [0.15, 0.2) is 5.82 Å². The van der Waals surface area contributed by atoms with Crippen LogP contribution in [-0.4, -0.2) is 80.8 Å². The summed E-state index contributed by atoms with van der Waals surface area (Å²) >= 11 is 6.41. The minimum absolute atomic E-state index is 0.00327. The van der Waals surface area contributed by atoms with Crippen LogP contribution in [0.25, 0.3) is 33.1 Å². The normalized spacial score (nSPS) is 24.3. The fraction of sp³-hybridized carbons (Fsp3) is 0.545. The summed E-state index contributed by atoms with van der Waals surface area (Å²) in [6, 6.07) is 3.66. The molecule has 4 aromatic rings. The van der Waals surface area contributed by atoms with Crippen LogP contribution in [0.5, 0.6) is 6.01 Å². The Bertz CT molecular complexity index is 1780. The van der Waals surface area contributed by atoms with Gasteiger partial charge in [0.25, 0.3) is 0 Å². The zero-order valence-corrected chi connectivity index (χ0v) is 26.3. The number of H-pyrrole nitrogens is 1. The number of nitrogens with one attached hydrogen (secondary N) is 2. The molecule has 3 aliphatic heterocycles. The Balaban J connectivity index is 1.18. The summed E-state index contributed by atoms with van der Waals surface area (Å²) in [7, 11) is 0. The molecule has 12 heteroatoms. The second-order valence-electron chi connectivity index (χ2n) is 13.5. The number of rotatable bonds is 7. The van der Waals surface area contributed by atoms with Crippen molar-refractivity contribution in [1.29, 1.82) is 0 Å². The summed E-state index contributed by atoms with van der Waals surface area (Å²) < 4.78 is 23.1. The maximum atomic E-state index is 16.7. The van der Waals surface area contributed by atoms with Gasteiger partial charge in [0.2, 0.25) is 5.91 Å². The van der Waals surface area contributed by atoms with Crippen LogP contribution in [0.3, 0.4) is 0 Å². The van der Waals surface area contributed by atoms with E-state index in [1.165, 1.54) is 0 Å². The predicted molar refractivity (Wildman–Crippen MR) is 171 cm³/mol. The summed E-state index contributed by atoms with van der Waals surface area (Å²) in [5.41, 5.74) is 1.62. The molecule has 10 nitrogen and oxygen atoms in total. The summed E-state index contributed by atoms with van der Waals surface area (Å²) in [6.45, 7) is 6.79. The first-order valence-electron chi connectivity index (χ1n) is 16.3. The van der Waals surface area contributed by atoms with Gasteiger partial charge >= 0.3 is 6.01 Å². The van der Waals surface area contributed by atoms with Crippen molar-refractivity contribution in [1.82, 2.24) is 35.4 Å². The van der Waals surface area contributed by atoms with E-state index in [-0.39, 0.29) is 40.0 Å². The highest BCUT2D eigenvalue weighted by molar-refractivity contribution is 6.31. The highest BCUT2D eigenvalue weighted by atomic mass is 35.5. The molecule has 4 aliphatic rings. The molecule has 1 aromatic carbocycles. The number of anilines is 1. The lowest BCUT2D eigenvalue weighted by Crippen LogP contribution is -2.54. The van der Waals surface area contributed by atoms with E-state index < -0.39 is 5.82 Å². The lowest BCUT2D eigenvalue weighted by atomic mass is 9.58. The number of carbonyl (C=O) groups excluding carboxylic acids is 1. The van der Waals surface area contributed by atoms with Crippen molar-refractivity contribution < 1.29 is 13.9 Å². The van der Waals surface area contributed by atoms with Crippen molar-refractivity contribution in [2.24, 2.45) is 11.3 Å². The Kier molecular flexibility index (Phi) is 7.09. The summed E-state index contributed by atoms with van der Waals surface area (Å²) in [6.07, 6.45) is 11.6. The predicted octanol–water partition coefficient (Wildman–Crippen LogP) is 5.50. The van der Waals surface area contributed by atoms with Crippen LogP contribution in [0.1, 0.15) is 58.3 Å². The van der Waals surface area contributed by atoms with E-state index in [0.717, 1.165) is 82.9 Å². The van der Waals surface area contributed by atoms with Crippen LogP contribution in [0.15, 0.2) is 24.5 Å². The molecule has 3 aromatic heterocycles. The van der Waals surface area contributed by atoms with Crippen molar-refractivity contribution in [3.63, 3.8) is 0 Å². The first-order chi connectivity index (χ1) is 21.9. The molecule has 45 heavy (non-hydrogen) atoms. The minimum Gasteiger partial charge on any atom is -0.461 e. The monoisotopic (exact) mass is 632 g/mol. The van der Waals surface area contributed by atoms with Gasteiger partial charge in [0.1, 0.15) is 23.6 Å². The first-order valence-corrected chi connectivity index (χ1v) is 16.6. The Morgan fingerprint density at radius 2 is 1.91 bits per heavy atom. The number of carbonyl (C=O) groups is 1.